The van der Waals surface area contributed by atoms with Crippen LogP contribution in [0.4, 0.5) is 17.1 Å². The van der Waals surface area contributed by atoms with E-state index in [-0.39, 0.29) is 0 Å². The van der Waals surface area contributed by atoms with Crippen LogP contribution in [0.1, 0.15) is 0 Å². The van der Waals surface area contributed by atoms with Crippen molar-refractivity contribution in [3.8, 4) is 12.3 Å². The van der Waals surface area contributed by atoms with Crippen LogP contribution >= 0.6 is 0 Å². The van der Waals surface area contributed by atoms with Gasteiger partial charge in [-0.3, -0.25) is 0 Å². The molecular weight excluding hydrogens is 162 g/mol. The summed E-state index contributed by atoms with van der Waals surface area (Å²) in [4.78, 5) is 1.93. The first kappa shape index (κ1) is 9.27. The Morgan fingerprint density at radius 3 is 2.62 bits per heavy atom. The van der Waals surface area contributed by atoms with Crippen molar-refractivity contribution in [3.05, 3.63) is 18.2 Å². The van der Waals surface area contributed by atoms with E-state index in [1.807, 2.05) is 24.1 Å². The Bertz CT molecular complexity index is 339. The summed E-state index contributed by atoms with van der Waals surface area (Å²) >= 11 is 0. The van der Waals surface area contributed by atoms with Crippen LogP contribution in [0.25, 0.3) is 0 Å². The van der Waals surface area contributed by atoms with E-state index in [0.717, 1.165) is 5.69 Å². The largest absolute Gasteiger partial charge is 0.397 e. The summed E-state index contributed by atoms with van der Waals surface area (Å²) in [6.45, 7) is 0.559. The van der Waals surface area contributed by atoms with Gasteiger partial charge in [0.05, 0.1) is 17.9 Å². The highest BCUT2D eigenvalue weighted by Crippen LogP contribution is 2.21. The minimum Gasteiger partial charge on any atom is -0.397 e. The van der Waals surface area contributed by atoms with Gasteiger partial charge in [-0.25, -0.2) is 0 Å². The van der Waals surface area contributed by atoms with Gasteiger partial charge in [0.2, 0.25) is 0 Å². The van der Waals surface area contributed by atoms with E-state index in [2.05, 4.69) is 5.92 Å². The smallest absolute Gasteiger partial charge is 0.0788 e. The molecular formula is C10H13N3. The van der Waals surface area contributed by atoms with Gasteiger partial charge in [-0.1, -0.05) is 5.92 Å². The van der Waals surface area contributed by atoms with Crippen molar-refractivity contribution in [1.29, 1.82) is 0 Å². The van der Waals surface area contributed by atoms with Gasteiger partial charge in [-0.15, -0.1) is 6.42 Å². The standard InChI is InChI=1S/C10H13N3/c1-3-6-13(2)8-4-5-9(11)10(12)7-8/h1,4-5,7H,6,11-12H2,2H3. The third-order valence-electron chi connectivity index (χ3n) is 1.84. The van der Waals surface area contributed by atoms with Crippen molar-refractivity contribution in [2.45, 2.75) is 0 Å². The highest BCUT2D eigenvalue weighted by atomic mass is 15.1. The molecule has 0 unspecified atom stereocenters. The fourth-order valence-corrected chi connectivity index (χ4v) is 1.03. The number of nitrogen functional groups attached to an aromatic ring is 2. The van der Waals surface area contributed by atoms with Crippen LogP contribution in [0.15, 0.2) is 18.2 Å². The van der Waals surface area contributed by atoms with Crippen LogP contribution in [0.5, 0.6) is 0 Å². The van der Waals surface area contributed by atoms with Gasteiger partial charge in [0, 0.05) is 12.7 Å². The van der Waals surface area contributed by atoms with Crippen LogP contribution in [-0.4, -0.2) is 13.6 Å². The monoisotopic (exact) mass is 175 g/mol. The predicted octanol–water partition coefficient (Wildman–Crippen LogP) is 0.920. The lowest BCUT2D eigenvalue weighted by Gasteiger charge is -2.16. The predicted molar refractivity (Wildman–Crippen MR) is 57.4 cm³/mol. The number of terminal acetylenes is 1. The third-order valence-corrected chi connectivity index (χ3v) is 1.84. The first-order valence-electron chi connectivity index (χ1n) is 3.94. The summed E-state index contributed by atoms with van der Waals surface area (Å²) < 4.78 is 0. The van der Waals surface area contributed by atoms with E-state index in [4.69, 9.17) is 17.9 Å². The van der Waals surface area contributed by atoms with Crippen molar-refractivity contribution in [3.63, 3.8) is 0 Å². The molecule has 0 aliphatic rings. The second kappa shape index (κ2) is 3.72. The number of nitrogens with zero attached hydrogens (tertiary/aromatic N) is 1. The number of hydrogen-bond donors (Lipinski definition) is 2. The Morgan fingerprint density at radius 2 is 2.08 bits per heavy atom. The average Bonchev–Trinajstić information content (AvgIpc) is 2.10. The van der Waals surface area contributed by atoms with Crippen LogP contribution in [-0.2, 0) is 0 Å². The average molecular weight is 175 g/mol. The minimum absolute atomic E-state index is 0.559. The van der Waals surface area contributed by atoms with Crippen LogP contribution in [0.3, 0.4) is 0 Å². The number of hydrogen-bond acceptors (Lipinski definition) is 3. The molecule has 4 N–H and O–H groups in total. The maximum absolute atomic E-state index is 5.65. The van der Waals surface area contributed by atoms with Crippen LogP contribution in [0.2, 0.25) is 0 Å². The maximum Gasteiger partial charge on any atom is 0.0788 e. The van der Waals surface area contributed by atoms with E-state index in [9.17, 15) is 0 Å². The molecule has 1 rings (SSSR count). The molecule has 3 heteroatoms. The first-order valence-corrected chi connectivity index (χ1v) is 3.94. The van der Waals surface area contributed by atoms with E-state index >= 15 is 0 Å². The molecule has 0 heterocycles. The summed E-state index contributed by atoms with van der Waals surface area (Å²) in [5, 5.41) is 0. The molecule has 0 radical (unpaired) electrons. The summed E-state index contributed by atoms with van der Waals surface area (Å²) in [7, 11) is 1.91. The highest BCUT2D eigenvalue weighted by molar-refractivity contribution is 5.69. The highest BCUT2D eigenvalue weighted by Gasteiger charge is 2.00. The molecule has 0 aliphatic heterocycles. The molecule has 68 valence electrons. The third kappa shape index (κ3) is 2.06. The van der Waals surface area contributed by atoms with Gasteiger partial charge in [0.25, 0.3) is 0 Å². The summed E-state index contributed by atoms with van der Waals surface area (Å²) in [6, 6.07) is 5.48. The Hall–Kier alpha value is -1.82. The summed E-state index contributed by atoms with van der Waals surface area (Å²) in [5.74, 6) is 2.55. The first-order chi connectivity index (χ1) is 6.15. The molecule has 0 fully saturated rings. The van der Waals surface area contributed by atoms with Crippen molar-refractivity contribution >= 4 is 17.1 Å². The van der Waals surface area contributed by atoms with Gasteiger partial charge in [-0.05, 0) is 18.2 Å². The fraction of sp³-hybridized carbons (Fsp3) is 0.200. The molecule has 1 aromatic rings. The summed E-state index contributed by atoms with van der Waals surface area (Å²) in [6.07, 6.45) is 5.19. The molecule has 0 atom stereocenters. The number of benzene rings is 1. The molecule has 0 bridgehead atoms. The lowest BCUT2D eigenvalue weighted by Crippen LogP contribution is -2.17. The van der Waals surface area contributed by atoms with Gasteiger partial charge in [0.1, 0.15) is 0 Å². The minimum atomic E-state index is 0.559. The topological polar surface area (TPSA) is 55.3 Å². The zero-order valence-electron chi connectivity index (χ0n) is 7.62. The fourth-order valence-electron chi connectivity index (χ4n) is 1.03. The normalized spacial score (nSPS) is 9.23. The summed E-state index contributed by atoms with van der Waals surface area (Å²) in [5.41, 5.74) is 13.4. The van der Waals surface area contributed by atoms with Gasteiger partial charge in [0.15, 0.2) is 0 Å². The molecule has 1 aromatic carbocycles. The van der Waals surface area contributed by atoms with Crippen molar-refractivity contribution in [2.75, 3.05) is 30.0 Å². The zero-order chi connectivity index (χ0) is 9.84. The SMILES string of the molecule is C#CCN(C)c1ccc(N)c(N)c1. The second-order valence-corrected chi connectivity index (χ2v) is 2.87. The Labute approximate surface area is 78.3 Å². The Morgan fingerprint density at radius 1 is 1.38 bits per heavy atom. The second-order valence-electron chi connectivity index (χ2n) is 2.87. The van der Waals surface area contributed by atoms with E-state index in [0.29, 0.717) is 17.9 Å². The lowest BCUT2D eigenvalue weighted by molar-refractivity contribution is 1.05. The van der Waals surface area contributed by atoms with Crippen molar-refractivity contribution in [2.24, 2.45) is 0 Å². The van der Waals surface area contributed by atoms with Crippen molar-refractivity contribution in [1.82, 2.24) is 0 Å². The van der Waals surface area contributed by atoms with Gasteiger partial charge in [-0.2, -0.15) is 0 Å². The quantitative estimate of drug-likeness (QED) is 0.519. The number of rotatable bonds is 2. The van der Waals surface area contributed by atoms with Crippen LogP contribution in [0, 0.1) is 12.3 Å². The molecule has 0 saturated carbocycles. The van der Waals surface area contributed by atoms with E-state index < -0.39 is 0 Å². The molecule has 0 aromatic heterocycles. The molecule has 3 nitrogen and oxygen atoms in total. The Balaban J connectivity index is 2.91. The van der Waals surface area contributed by atoms with E-state index in [1.165, 1.54) is 0 Å². The lowest BCUT2D eigenvalue weighted by atomic mass is 10.2. The molecule has 0 aliphatic carbocycles. The van der Waals surface area contributed by atoms with Gasteiger partial charge >= 0.3 is 0 Å². The molecule has 0 saturated heterocycles. The maximum atomic E-state index is 5.65. The number of nitrogens with two attached hydrogens (primary N) is 2. The van der Waals surface area contributed by atoms with E-state index in [1.54, 1.807) is 6.07 Å². The van der Waals surface area contributed by atoms with Crippen molar-refractivity contribution < 1.29 is 0 Å². The van der Waals surface area contributed by atoms with Gasteiger partial charge < -0.3 is 16.4 Å². The van der Waals surface area contributed by atoms with Crippen LogP contribution < -0.4 is 16.4 Å². The zero-order valence-corrected chi connectivity index (χ0v) is 7.62. The molecule has 13 heavy (non-hydrogen) atoms. The molecule has 0 spiro atoms. The Kier molecular flexibility index (Phi) is 2.65. The molecule has 0 amide bonds. The number of anilines is 3.